The Balaban J connectivity index is 2.53. The molecule has 0 aliphatic carbocycles. The van der Waals surface area contributed by atoms with Gasteiger partial charge < -0.3 is 14.4 Å². The lowest BCUT2D eigenvalue weighted by Crippen LogP contribution is -2.09. The molecular formula is C12H11F3N2O3S. The van der Waals surface area contributed by atoms with E-state index >= 15 is 0 Å². The van der Waals surface area contributed by atoms with E-state index in [-0.39, 0.29) is 27.7 Å². The third-order valence-electron chi connectivity index (χ3n) is 2.63. The van der Waals surface area contributed by atoms with Crippen LogP contribution in [0.5, 0.6) is 5.75 Å². The number of alkyl halides is 2. The third-order valence-corrected chi connectivity index (χ3v) is 3.59. The summed E-state index contributed by atoms with van der Waals surface area (Å²) in [5, 5.41) is 8.76. The molecule has 2 aromatic rings. The fourth-order valence-electron chi connectivity index (χ4n) is 1.81. The highest BCUT2D eigenvalue weighted by atomic mass is 32.2. The lowest BCUT2D eigenvalue weighted by Gasteiger charge is -2.08. The van der Waals surface area contributed by atoms with Gasteiger partial charge in [0.2, 0.25) is 0 Å². The van der Waals surface area contributed by atoms with Crippen molar-refractivity contribution in [2.45, 2.75) is 18.1 Å². The third kappa shape index (κ3) is 3.41. The number of imidazole rings is 1. The van der Waals surface area contributed by atoms with Gasteiger partial charge in [-0.15, -0.1) is 0 Å². The van der Waals surface area contributed by atoms with Gasteiger partial charge in [0.05, 0.1) is 30.4 Å². The molecule has 0 aliphatic heterocycles. The van der Waals surface area contributed by atoms with E-state index in [0.717, 1.165) is 22.4 Å². The molecule has 0 atom stereocenters. The minimum Gasteiger partial charge on any atom is -0.494 e. The number of halogens is 3. The second-order valence-corrected chi connectivity index (χ2v) is 5.00. The van der Waals surface area contributed by atoms with E-state index in [2.05, 4.69) is 4.98 Å². The normalized spacial score (nSPS) is 11.3. The number of carboxylic acid groups (broad SMARTS) is 1. The van der Waals surface area contributed by atoms with Crippen molar-refractivity contribution in [1.29, 1.82) is 0 Å². The molecule has 0 saturated heterocycles. The number of thioether (sulfide) groups is 1. The van der Waals surface area contributed by atoms with Crippen molar-refractivity contribution in [3.8, 4) is 5.75 Å². The minimum atomic E-state index is -2.65. The van der Waals surface area contributed by atoms with Crippen molar-refractivity contribution in [3.05, 3.63) is 17.9 Å². The quantitative estimate of drug-likeness (QED) is 0.829. The Bertz CT molecular complexity index is 675. The van der Waals surface area contributed by atoms with Crippen molar-refractivity contribution >= 4 is 28.8 Å². The Morgan fingerprint density at radius 2 is 2.24 bits per heavy atom. The molecule has 1 heterocycles. The molecule has 1 aromatic heterocycles. The molecule has 0 radical (unpaired) electrons. The van der Waals surface area contributed by atoms with E-state index in [0.29, 0.717) is 0 Å². The summed E-state index contributed by atoms with van der Waals surface area (Å²) < 4.78 is 45.0. The van der Waals surface area contributed by atoms with Gasteiger partial charge in [-0.1, -0.05) is 11.8 Å². The molecule has 0 bridgehead atoms. The lowest BCUT2D eigenvalue weighted by atomic mass is 10.3. The van der Waals surface area contributed by atoms with Gasteiger partial charge in [-0.25, -0.2) is 18.2 Å². The molecule has 21 heavy (non-hydrogen) atoms. The molecule has 0 saturated carbocycles. The van der Waals surface area contributed by atoms with Crippen LogP contribution >= 0.6 is 11.8 Å². The first-order chi connectivity index (χ1) is 9.92. The predicted molar refractivity (Wildman–Crippen MR) is 70.6 cm³/mol. The molecule has 0 amide bonds. The summed E-state index contributed by atoms with van der Waals surface area (Å²) in [6, 6.07) is 2.34. The van der Waals surface area contributed by atoms with Crippen LogP contribution in [0.25, 0.3) is 11.0 Å². The summed E-state index contributed by atoms with van der Waals surface area (Å²) in [5.41, 5.74) is 0.434. The number of hydrogen-bond donors (Lipinski definition) is 1. The highest BCUT2D eigenvalue weighted by Gasteiger charge is 2.18. The van der Waals surface area contributed by atoms with E-state index in [1.165, 1.54) is 13.2 Å². The van der Waals surface area contributed by atoms with Gasteiger partial charge in [-0.2, -0.15) is 0 Å². The first kappa shape index (κ1) is 15.5. The van der Waals surface area contributed by atoms with Crippen molar-refractivity contribution < 1.29 is 27.8 Å². The van der Waals surface area contributed by atoms with Crippen molar-refractivity contribution in [3.63, 3.8) is 0 Å². The first-order valence-corrected chi connectivity index (χ1v) is 6.77. The minimum absolute atomic E-state index is 0.0901. The Hall–Kier alpha value is -1.90. The van der Waals surface area contributed by atoms with E-state index in [1.54, 1.807) is 0 Å². The van der Waals surface area contributed by atoms with Gasteiger partial charge >= 0.3 is 5.97 Å². The molecule has 0 spiro atoms. The summed E-state index contributed by atoms with van der Waals surface area (Å²) >= 11 is 0.798. The van der Waals surface area contributed by atoms with Crippen LogP contribution in [0, 0.1) is 5.82 Å². The second-order valence-electron chi connectivity index (χ2n) is 4.05. The number of hydrogen-bond acceptors (Lipinski definition) is 4. The van der Waals surface area contributed by atoms with Crippen LogP contribution in [0.1, 0.15) is 0 Å². The number of benzene rings is 1. The molecule has 0 aliphatic rings. The number of carbonyl (C=O) groups is 1. The SMILES string of the molecule is COc1cc2c(cc1F)nc(SCC(=O)O)n2CC(F)F. The smallest absolute Gasteiger partial charge is 0.313 e. The fourth-order valence-corrected chi connectivity index (χ4v) is 2.56. The van der Waals surface area contributed by atoms with Gasteiger partial charge in [-0.3, -0.25) is 4.79 Å². The van der Waals surface area contributed by atoms with Crippen LogP contribution in [0.15, 0.2) is 17.3 Å². The number of aromatic nitrogens is 2. The molecule has 9 heteroatoms. The zero-order valence-electron chi connectivity index (χ0n) is 10.8. The highest BCUT2D eigenvalue weighted by Crippen LogP contribution is 2.29. The fraction of sp³-hybridized carbons (Fsp3) is 0.333. The number of rotatable bonds is 6. The molecule has 0 unspecified atom stereocenters. The first-order valence-electron chi connectivity index (χ1n) is 5.79. The number of methoxy groups -OCH3 is 1. The van der Waals surface area contributed by atoms with Crippen LogP contribution in [0.2, 0.25) is 0 Å². The molecule has 5 nitrogen and oxygen atoms in total. The molecule has 114 valence electrons. The molecule has 1 N–H and O–H groups in total. The Morgan fingerprint density at radius 1 is 1.52 bits per heavy atom. The number of ether oxygens (including phenoxy) is 1. The van der Waals surface area contributed by atoms with E-state index in [4.69, 9.17) is 9.84 Å². The lowest BCUT2D eigenvalue weighted by molar-refractivity contribution is -0.133. The van der Waals surface area contributed by atoms with Gasteiger partial charge in [0, 0.05) is 12.1 Å². The standard InChI is InChI=1S/C12H11F3N2O3S/c1-20-9-3-8-7(2-6(9)13)16-12(21-5-11(18)19)17(8)4-10(14)15/h2-3,10H,4-5H2,1H3,(H,18,19). The summed E-state index contributed by atoms with van der Waals surface area (Å²) in [4.78, 5) is 14.6. The van der Waals surface area contributed by atoms with E-state index < -0.39 is 24.8 Å². The van der Waals surface area contributed by atoms with Crippen LogP contribution in [-0.2, 0) is 11.3 Å². The van der Waals surface area contributed by atoms with Gasteiger partial charge in [0.25, 0.3) is 6.43 Å². The van der Waals surface area contributed by atoms with Gasteiger partial charge in [0.15, 0.2) is 16.7 Å². The second kappa shape index (κ2) is 6.25. The summed E-state index contributed by atoms with van der Waals surface area (Å²) in [6.07, 6.45) is -2.65. The van der Waals surface area contributed by atoms with Crippen LogP contribution in [0.4, 0.5) is 13.2 Å². The average molecular weight is 320 g/mol. The Morgan fingerprint density at radius 3 is 2.81 bits per heavy atom. The topological polar surface area (TPSA) is 64.3 Å². The van der Waals surface area contributed by atoms with E-state index in [9.17, 15) is 18.0 Å². The number of fused-ring (bicyclic) bond motifs is 1. The van der Waals surface area contributed by atoms with E-state index in [1.807, 2.05) is 0 Å². The average Bonchev–Trinajstić information content (AvgIpc) is 2.72. The number of carboxylic acids is 1. The van der Waals surface area contributed by atoms with Crippen LogP contribution in [0.3, 0.4) is 0 Å². The monoisotopic (exact) mass is 320 g/mol. The number of nitrogens with zero attached hydrogens (tertiary/aromatic N) is 2. The van der Waals surface area contributed by atoms with Crippen molar-refractivity contribution in [2.24, 2.45) is 0 Å². The highest BCUT2D eigenvalue weighted by molar-refractivity contribution is 7.99. The molecular weight excluding hydrogens is 309 g/mol. The maximum absolute atomic E-state index is 13.6. The maximum Gasteiger partial charge on any atom is 0.313 e. The number of aliphatic carboxylic acids is 1. The Labute approximate surface area is 121 Å². The van der Waals surface area contributed by atoms with Crippen LogP contribution in [-0.4, -0.2) is 39.9 Å². The zero-order chi connectivity index (χ0) is 15.6. The van der Waals surface area contributed by atoms with Gasteiger partial charge in [0.1, 0.15) is 0 Å². The van der Waals surface area contributed by atoms with Gasteiger partial charge in [-0.05, 0) is 0 Å². The zero-order valence-corrected chi connectivity index (χ0v) is 11.7. The van der Waals surface area contributed by atoms with Crippen LogP contribution < -0.4 is 4.74 Å². The summed E-state index contributed by atoms with van der Waals surface area (Å²) in [7, 11) is 1.26. The Kier molecular flexibility index (Phi) is 4.61. The maximum atomic E-state index is 13.6. The van der Waals surface area contributed by atoms with Crippen molar-refractivity contribution in [1.82, 2.24) is 9.55 Å². The summed E-state index contributed by atoms with van der Waals surface area (Å²) in [6.45, 7) is -0.659. The molecule has 0 fully saturated rings. The predicted octanol–water partition coefficient (Wildman–Crippen LogP) is 2.63. The molecule has 2 rings (SSSR count). The largest absolute Gasteiger partial charge is 0.494 e. The van der Waals surface area contributed by atoms with Crippen molar-refractivity contribution in [2.75, 3.05) is 12.9 Å². The molecule has 1 aromatic carbocycles. The summed E-state index contributed by atoms with van der Waals surface area (Å²) in [5.74, 6) is -2.18.